The minimum atomic E-state index is -0.105. The number of hydrogen-bond acceptors (Lipinski definition) is 2. The molecule has 1 N–H and O–H groups in total. The van der Waals surface area contributed by atoms with Crippen molar-refractivity contribution in [1.29, 1.82) is 0 Å². The van der Waals surface area contributed by atoms with Crippen LogP contribution >= 0.6 is 0 Å². The Kier molecular flexibility index (Phi) is 6.30. The first-order valence-corrected chi connectivity index (χ1v) is 8.55. The number of ketones is 1. The number of anilines is 1. The second-order valence-electron chi connectivity index (χ2n) is 6.00. The van der Waals surface area contributed by atoms with E-state index in [1.54, 1.807) is 0 Å². The van der Waals surface area contributed by atoms with Crippen LogP contribution in [0.1, 0.15) is 53.7 Å². The largest absolute Gasteiger partial charge is 0.326 e. The van der Waals surface area contributed by atoms with Gasteiger partial charge < -0.3 is 5.32 Å². The highest BCUT2D eigenvalue weighted by atomic mass is 16.2. The van der Waals surface area contributed by atoms with Gasteiger partial charge in [-0.15, -0.1) is 0 Å². The lowest BCUT2D eigenvalue weighted by atomic mass is 10.0. The predicted octanol–water partition coefficient (Wildman–Crippen LogP) is 4.72. The SMILES string of the molecule is CCc1cccc(CC)c1NC(=O)CCC(=O)c1ccc(C)cc1. The van der Waals surface area contributed by atoms with Gasteiger partial charge in [0.2, 0.25) is 5.91 Å². The van der Waals surface area contributed by atoms with Gasteiger partial charge in [0, 0.05) is 24.1 Å². The Labute approximate surface area is 144 Å². The summed E-state index contributed by atoms with van der Waals surface area (Å²) in [5.41, 5.74) is 4.96. The first-order valence-electron chi connectivity index (χ1n) is 8.55. The van der Waals surface area contributed by atoms with Crippen molar-refractivity contribution >= 4 is 17.4 Å². The Hall–Kier alpha value is -2.42. The van der Waals surface area contributed by atoms with Crippen molar-refractivity contribution in [2.24, 2.45) is 0 Å². The fourth-order valence-electron chi connectivity index (χ4n) is 2.72. The molecule has 2 aromatic rings. The molecule has 0 atom stereocenters. The van der Waals surface area contributed by atoms with E-state index in [0.717, 1.165) is 35.2 Å². The van der Waals surface area contributed by atoms with Gasteiger partial charge in [-0.3, -0.25) is 9.59 Å². The van der Waals surface area contributed by atoms with Crippen molar-refractivity contribution in [2.45, 2.75) is 46.5 Å². The minimum Gasteiger partial charge on any atom is -0.326 e. The third kappa shape index (κ3) is 4.54. The number of benzene rings is 2. The Morgan fingerprint density at radius 1 is 0.875 bits per heavy atom. The predicted molar refractivity (Wildman–Crippen MR) is 98.6 cm³/mol. The van der Waals surface area contributed by atoms with Crippen LogP contribution in [0, 0.1) is 6.92 Å². The molecule has 0 spiro atoms. The van der Waals surface area contributed by atoms with Crippen molar-refractivity contribution < 1.29 is 9.59 Å². The molecular weight excluding hydrogens is 298 g/mol. The molecule has 1 amide bonds. The summed E-state index contributed by atoms with van der Waals surface area (Å²) in [5, 5.41) is 3.01. The monoisotopic (exact) mass is 323 g/mol. The maximum Gasteiger partial charge on any atom is 0.224 e. The van der Waals surface area contributed by atoms with E-state index >= 15 is 0 Å². The van der Waals surface area contributed by atoms with Crippen LogP contribution in [0.2, 0.25) is 0 Å². The number of nitrogens with one attached hydrogen (secondary N) is 1. The summed E-state index contributed by atoms with van der Waals surface area (Å²) in [5.74, 6) is -0.101. The third-order valence-electron chi connectivity index (χ3n) is 4.22. The summed E-state index contributed by atoms with van der Waals surface area (Å²) in [6, 6.07) is 13.6. The molecule has 0 bridgehead atoms. The zero-order valence-electron chi connectivity index (χ0n) is 14.7. The summed E-state index contributed by atoms with van der Waals surface area (Å²) >= 11 is 0. The Morgan fingerprint density at radius 3 is 2.00 bits per heavy atom. The summed E-state index contributed by atoms with van der Waals surface area (Å²) < 4.78 is 0. The van der Waals surface area contributed by atoms with E-state index in [-0.39, 0.29) is 24.5 Å². The molecule has 3 nitrogen and oxygen atoms in total. The number of amides is 1. The topological polar surface area (TPSA) is 46.2 Å². The summed E-state index contributed by atoms with van der Waals surface area (Å²) in [6.07, 6.45) is 2.16. The van der Waals surface area contributed by atoms with Crippen LogP contribution in [0.5, 0.6) is 0 Å². The molecule has 0 aliphatic rings. The number of hydrogen-bond donors (Lipinski definition) is 1. The molecule has 0 aromatic heterocycles. The van der Waals surface area contributed by atoms with E-state index in [2.05, 4.69) is 19.2 Å². The Morgan fingerprint density at radius 2 is 1.46 bits per heavy atom. The molecule has 0 saturated heterocycles. The molecule has 0 heterocycles. The van der Waals surface area contributed by atoms with Crippen molar-refractivity contribution in [3.63, 3.8) is 0 Å². The van der Waals surface area contributed by atoms with E-state index in [0.29, 0.717) is 5.56 Å². The van der Waals surface area contributed by atoms with Crippen LogP contribution in [0.4, 0.5) is 5.69 Å². The highest BCUT2D eigenvalue weighted by Crippen LogP contribution is 2.23. The smallest absolute Gasteiger partial charge is 0.224 e. The van der Waals surface area contributed by atoms with Crippen LogP contribution in [-0.4, -0.2) is 11.7 Å². The lowest BCUT2D eigenvalue weighted by molar-refractivity contribution is -0.116. The third-order valence-corrected chi connectivity index (χ3v) is 4.22. The molecule has 0 aliphatic carbocycles. The van der Waals surface area contributed by atoms with Gasteiger partial charge in [-0.25, -0.2) is 0 Å². The fraction of sp³-hybridized carbons (Fsp3) is 0.333. The van der Waals surface area contributed by atoms with E-state index in [4.69, 9.17) is 0 Å². The molecule has 24 heavy (non-hydrogen) atoms. The Bertz CT molecular complexity index is 695. The Balaban J connectivity index is 1.99. The van der Waals surface area contributed by atoms with Crippen molar-refractivity contribution in [3.8, 4) is 0 Å². The first-order chi connectivity index (χ1) is 11.5. The molecule has 0 radical (unpaired) electrons. The average molecular weight is 323 g/mol. The normalized spacial score (nSPS) is 10.5. The van der Waals surface area contributed by atoms with E-state index in [9.17, 15) is 9.59 Å². The first kappa shape index (κ1) is 17.9. The van der Waals surface area contributed by atoms with Gasteiger partial charge in [-0.2, -0.15) is 0 Å². The van der Waals surface area contributed by atoms with Gasteiger partial charge >= 0.3 is 0 Å². The second kappa shape index (κ2) is 8.44. The maximum absolute atomic E-state index is 12.3. The van der Waals surface area contributed by atoms with Crippen LogP contribution in [0.3, 0.4) is 0 Å². The number of carbonyl (C=O) groups is 2. The molecular formula is C21H25NO2. The van der Waals surface area contributed by atoms with Crippen LogP contribution in [0.15, 0.2) is 42.5 Å². The molecule has 3 heteroatoms. The number of aryl methyl sites for hydroxylation is 3. The molecule has 0 unspecified atom stereocenters. The minimum absolute atomic E-state index is 0.00430. The fourth-order valence-corrected chi connectivity index (χ4v) is 2.72. The van der Waals surface area contributed by atoms with Gasteiger partial charge in [0.1, 0.15) is 0 Å². The second-order valence-corrected chi connectivity index (χ2v) is 6.00. The van der Waals surface area contributed by atoms with Gasteiger partial charge in [-0.1, -0.05) is 61.9 Å². The zero-order chi connectivity index (χ0) is 17.5. The molecule has 0 saturated carbocycles. The van der Waals surface area contributed by atoms with Crippen LogP contribution in [0.25, 0.3) is 0 Å². The van der Waals surface area contributed by atoms with E-state index < -0.39 is 0 Å². The highest BCUT2D eigenvalue weighted by molar-refractivity contribution is 6.00. The van der Waals surface area contributed by atoms with E-state index in [1.807, 2.05) is 49.4 Å². The zero-order valence-corrected chi connectivity index (χ0v) is 14.7. The lowest BCUT2D eigenvalue weighted by Crippen LogP contribution is -2.16. The number of rotatable bonds is 7. The van der Waals surface area contributed by atoms with Crippen LogP contribution < -0.4 is 5.32 Å². The van der Waals surface area contributed by atoms with Crippen molar-refractivity contribution in [1.82, 2.24) is 0 Å². The maximum atomic E-state index is 12.3. The standard InChI is InChI=1S/C21H25NO2/c1-4-16-7-6-8-17(5-2)21(16)22-20(24)14-13-19(23)18-11-9-15(3)10-12-18/h6-12H,4-5,13-14H2,1-3H3,(H,22,24). The highest BCUT2D eigenvalue weighted by Gasteiger charge is 2.12. The summed E-state index contributed by atoms with van der Waals surface area (Å²) in [4.78, 5) is 24.5. The van der Waals surface area contributed by atoms with Gasteiger partial charge in [0.05, 0.1) is 0 Å². The van der Waals surface area contributed by atoms with Gasteiger partial charge in [0.25, 0.3) is 0 Å². The van der Waals surface area contributed by atoms with E-state index in [1.165, 1.54) is 0 Å². The average Bonchev–Trinajstić information content (AvgIpc) is 2.60. The lowest BCUT2D eigenvalue weighted by Gasteiger charge is -2.14. The summed E-state index contributed by atoms with van der Waals surface area (Å²) in [7, 11) is 0. The van der Waals surface area contributed by atoms with Gasteiger partial charge in [0.15, 0.2) is 5.78 Å². The quantitative estimate of drug-likeness (QED) is 0.749. The number of para-hydroxylation sites is 1. The molecule has 0 aliphatic heterocycles. The molecule has 2 rings (SSSR count). The molecule has 0 fully saturated rings. The van der Waals surface area contributed by atoms with Crippen molar-refractivity contribution in [3.05, 3.63) is 64.7 Å². The van der Waals surface area contributed by atoms with Crippen LogP contribution in [-0.2, 0) is 17.6 Å². The molecule has 2 aromatic carbocycles. The van der Waals surface area contributed by atoms with Gasteiger partial charge in [-0.05, 0) is 30.9 Å². The number of Topliss-reactive ketones (excluding diaryl/α,β-unsaturated/α-hetero) is 1. The molecule has 126 valence electrons. The number of carbonyl (C=O) groups excluding carboxylic acids is 2. The summed E-state index contributed by atoms with van der Waals surface area (Å²) in [6.45, 7) is 6.13. The van der Waals surface area contributed by atoms with Crippen molar-refractivity contribution in [2.75, 3.05) is 5.32 Å².